The second-order valence-corrected chi connectivity index (χ2v) is 10.3. The van der Waals surface area contributed by atoms with Gasteiger partial charge in [0.25, 0.3) is 0 Å². The molecule has 0 bridgehead atoms. The van der Waals surface area contributed by atoms with Gasteiger partial charge < -0.3 is 19.9 Å². The standard InChI is InChI=1S/C27H29N5O3S/c1-33-20-4-5-22-18(13-20)12-19(16-35-22)26-31-25-23(34-11-10-32-8-2-3-9-32)14-17(15-24(25)36-26)21-6-7-29-27(28)30-21/h4-7,13-15,19H,2-3,8-12,16H2,1H3,(H2,28,29,30). The van der Waals surface area contributed by atoms with Gasteiger partial charge in [0.1, 0.15) is 34.4 Å². The molecule has 6 rings (SSSR count). The molecule has 1 fully saturated rings. The number of nitrogens with zero attached hydrogens (tertiary/aromatic N) is 4. The first-order valence-electron chi connectivity index (χ1n) is 12.3. The summed E-state index contributed by atoms with van der Waals surface area (Å²) in [6.07, 6.45) is 5.07. The second kappa shape index (κ2) is 9.91. The summed E-state index contributed by atoms with van der Waals surface area (Å²) in [5, 5.41) is 1.04. The molecule has 2 aliphatic rings. The Kier molecular flexibility index (Phi) is 6.33. The Balaban J connectivity index is 1.33. The zero-order valence-electron chi connectivity index (χ0n) is 20.3. The fraction of sp³-hybridized carbons (Fsp3) is 0.370. The van der Waals surface area contributed by atoms with E-state index in [0.717, 1.165) is 75.3 Å². The molecule has 2 N–H and O–H groups in total. The van der Waals surface area contributed by atoms with Gasteiger partial charge in [-0.1, -0.05) is 0 Å². The molecule has 1 atom stereocenters. The predicted octanol–water partition coefficient (Wildman–Crippen LogP) is 4.54. The Morgan fingerprint density at radius 1 is 1.14 bits per heavy atom. The van der Waals surface area contributed by atoms with Gasteiger partial charge in [-0.3, -0.25) is 4.90 Å². The zero-order chi connectivity index (χ0) is 24.5. The molecule has 1 saturated heterocycles. The van der Waals surface area contributed by atoms with E-state index in [9.17, 15) is 0 Å². The summed E-state index contributed by atoms with van der Waals surface area (Å²) in [4.78, 5) is 16.0. The van der Waals surface area contributed by atoms with Crippen LogP contribution in [0.25, 0.3) is 21.5 Å². The van der Waals surface area contributed by atoms with Crippen LogP contribution in [0.5, 0.6) is 17.2 Å². The van der Waals surface area contributed by atoms with Crippen LogP contribution < -0.4 is 19.9 Å². The maximum absolute atomic E-state index is 6.34. The summed E-state index contributed by atoms with van der Waals surface area (Å²) >= 11 is 1.69. The van der Waals surface area contributed by atoms with Crippen LogP contribution in [0.15, 0.2) is 42.6 Å². The molecule has 4 aromatic rings. The number of thiazole rings is 1. The van der Waals surface area contributed by atoms with Crippen LogP contribution in [0.3, 0.4) is 0 Å². The highest BCUT2D eigenvalue weighted by Crippen LogP contribution is 2.40. The number of rotatable bonds is 7. The van der Waals surface area contributed by atoms with Crippen LogP contribution in [-0.4, -0.2) is 59.8 Å². The van der Waals surface area contributed by atoms with E-state index in [1.807, 2.05) is 24.3 Å². The number of nitrogen functional groups attached to an aromatic ring is 1. The highest BCUT2D eigenvalue weighted by molar-refractivity contribution is 7.18. The second-order valence-electron chi connectivity index (χ2n) is 9.26. The topological polar surface area (TPSA) is 95.6 Å². The summed E-state index contributed by atoms with van der Waals surface area (Å²) < 4.78 is 18.9. The van der Waals surface area contributed by atoms with Crippen LogP contribution >= 0.6 is 11.3 Å². The number of hydrogen-bond acceptors (Lipinski definition) is 9. The third kappa shape index (κ3) is 4.68. The van der Waals surface area contributed by atoms with E-state index in [1.165, 1.54) is 12.8 Å². The SMILES string of the molecule is COc1ccc2c(c1)CC(c1nc3c(OCCN4CCCC4)cc(-c4ccnc(N)n4)cc3s1)CO2. The van der Waals surface area contributed by atoms with Gasteiger partial charge in [-0.2, -0.15) is 0 Å². The fourth-order valence-corrected chi connectivity index (χ4v) is 6.04. The van der Waals surface area contributed by atoms with Gasteiger partial charge in [0.05, 0.1) is 24.1 Å². The molecule has 0 aliphatic carbocycles. The number of benzene rings is 2. The smallest absolute Gasteiger partial charge is 0.220 e. The lowest BCUT2D eigenvalue weighted by molar-refractivity contribution is 0.239. The van der Waals surface area contributed by atoms with Crippen molar-refractivity contribution >= 4 is 27.5 Å². The van der Waals surface area contributed by atoms with E-state index in [-0.39, 0.29) is 11.9 Å². The van der Waals surface area contributed by atoms with Crippen LogP contribution in [-0.2, 0) is 6.42 Å². The van der Waals surface area contributed by atoms with Crippen LogP contribution in [0, 0.1) is 0 Å². The predicted molar refractivity (Wildman–Crippen MR) is 141 cm³/mol. The summed E-state index contributed by atoms with van der Waals surface area (Å²) in [7, 11) is 1.69. The van der Waals surface area contributed by atoms with Crippen LogP contribution in [0.4, 0.5) is 5.95 Å². The number of ether oxygens (including phenoxy) is 3. The molecule has 36 heavy (non-hydrogen) atoms. The van der Waals surface area contributed by atoms with E-state index in [2.05, 4.69) is 27.0 Å². The minimum atomic E-state index is 0.164. The van der Waals surface area contributed by atoms with Gasteiger partial charge >= 0.3 is 0 Å². The van der Waals surface area contributed by atoms with Crippen molar-refractivity contribution in [2.24, 2.45) is 0 Å². The fourth-order valence-electron chi connectivity index (χ4n) is 4.93. The normalized spacial score (nSPS) is 17.6. The van der Waals surface area contributed by atoms with Crippen molar-refractivity contribution in [2.75, 3.05) is 45.7 Å². The molecule has 4 heterocycles. The molecule has 0 spiro atoms. The largest absolute Gasteiger partial charge is 0.497 e. The van der Waals surface area contributed by atoms with Gasteiger partial charge in [-0.25, -0.2) is 15.0 Å². The Labute approximate surface area is 214 Å². The average Bonchev–Trinajstić information content (AvgIpc) is 3.58. The highest BCUT2D eigenvalue weighted by Gasteiger charge is 2.26. The van der Waals surface area contributed by atoms with Crippen molar-refractivity contribution in [3.05, 3.63) is 53.2 Å². The molecule has 0 saturated carbocycles. The summed E-state index contributed by atoms with van der Waals surface area (Å²) in [6, 6.07) is 12.0. The molecule has 9 heteroatoms. The van der Waals surface area contributed by atoms with Crippen LogP contribution in [0.2, 0.25) is 0 Å². The van der Waals surface area contributed by atoms with Crippen molar-refractivity contribution in [1.82, 2.24) is 19.9 Å². The van der Waals surface area contributed by atoms with Crippen molar-refractivity contribution in [2.45, 2.75) is 25.2 Å². The number of fused-ring (bicyclic) bond motifs is 2. The van der Waals surface area contributed by atoms with Crippen LogP contribution in [0.1, 0.15) is 29.3 Å². The first kappa shape index (κ1) is 23.0. The molecule has 2 aromatic heterocycles. The quantitative estimate of drug-likeness (QED) is 0.393. The summed E-state index contributed by atoms with van der Waals surface area (Å²) in [5.41, 5.74) is 9.61. The maximum Gasteiger partial charge on any atom is 0.220 e. The Morgan fingerprint density at radius 3 is 2.86 bits per heavy atom. The van der Waals surface area contributed by atoms with E-state index in [0.29, 0.717) is 13.2 Å². The number of hydrogen-bond donors (Lipinski definition) is 1. The lowest BCUT2D eigenvalue weighted by Crippen LogP contribution is -2.25. The van der Waals surface area contributed by atoms with E-state index >= 15 is 0 Å². The third-order valence-electron chi connectivity index (χ3n) is 6.83. The maximum atomic E-state index is 6.34. The molecule has 0 amide bonds. The lowest BCUT2D eigenvalue weighted by atomic mass is 9.97. The van der Waals surface area contributed by atoms with Crippen molar-refractivity contribution in [1.29, 1.82) is 0 Å². The first-order chi connectivity index (χ1) is 17.7. The average molecular weight is 504 g/mol. The zero-order valence-corrected chi connectivity index (χ0v) is 21.1. The van der Waals surface area contributed by atoms with E-state index < -0.39 is 0 Å². The summed E-state index contributed by atoms with van der Waals surface area (Å²) in [5.74, 6) is 2.95. The van der Waals surface area contributed by atoms with Crippen molar-refractivity contribution < 1.29 is 14.2 Å². The molecule has 8 nitrogen and oxygen atoms in total. The van der Waals surface area contributed by atoms with E-state index in [1.54, 1.807) is 24.6 Å². The molecule has 2 aromatic carbocycles. The molecule has 186 valence electrons. The first-order valence-corrected chi connectivity index (χ1v) is 13.2. The number of likely N-dealkylation sites (tertiary alicyclic amines) is 1. The van der Waals surface area contributed by atoms with E-state index in [4.69, 9.17) is 24.9 Å². The van der Waals surface area contributed by atoms with Gasteiger partial charge in [0.2, 0.25) is 5.95 Å². The number of nitrogens with two attached hydrogens (primary N) is 1. The molecular formula is C27H29N5O3S. The van der Waals surface area contributed by atoms with Gasteiger partial charge in [-0.15, -0.1) is 11.3 Å². The molecule has 0 radical (unpaired) electrons. The minimum Gasteiger partial charge on any atom is -0.497 e. The van der Waals surface area contributed by atoms with Gasteiger partial charge in [-0.05, 0) is 74.3 Å². The Morgan fingerprint density at radius 2 is 2.03 bits per heavy atom. The molecule has 1 unspecified atom stereocenters. The number of methoxy groups -OCH3 is 1. The Bertz CT molecular complexity index is 1390. The Hall–Kier alpha value is -3.43. The lowest BCUT2D eigenvalue weighted by Gasteiger charge is -2.24. The van der Waals surface area contributed by atoms with Gasteiger partial charge in [0.15, 0.2) is 0 Å². The highest BCUT2D eigenvalue weighted by atomic mass is 32.1. The molecule has 2 aliphatic heterocycles. The minimum absolute atomic E-state index is 0.164. The number of aromatic nitrogens is 3. The van der Waals surface area contributed by atoms with Crippen molar-refractivity contribution in [3.8, 4) is 28.5 Å². The van der Waals surface area contributed by atoms with Gasteiger partial charge in [0, 0.05) is 24.2 Å². The monoisotopic (exact) mass is 503 g/mol. The summed E-state index contributed by atoms with van der Waals surface area (Å²) in [6.45, 7) is 4.43. The van der Waals surface area contributed by atoms with Crippen molar-refractivity contribution in [3.63, 3.8) is 0 Å². The third-order valence-corrected chi connectivity index (χ3v) is 8.00. The molecular weight excluding hydrogens is 474 g/mol. The number of anilines is 1.